The van der Waals surface area contributed by atoms with Crippen molar-refractivity contribution in [3.8, 4) is 11.4 Å². The third-order valence-electron chi connectivity index (χ3n) is 8.34. The van der Waals surface area contributed by atoms with Gasteiger partial charge in [-0.05, 0) is 72.8 Å². The van der Waals surface area contributed by atoms with Crippen molar-refractivity contribution in [2.75, 3.05) is 0 Å². The van der Waals surface area contributed by atoms with E-state index >= 15 is 0 Å². The Labute approximate surface area is 323 Å². The second-order valence-electron chi connectivity index (χ2n) is 11.7. The van der Waals surface area contributed by atoms with Gasteiger partial charge in [0.15, 0.2) is 0 Å². The summed E-state index contributed by atoms with van der Waals surface area (Å²) in [5.74, 6) is 0. The average Bonchev–Trinajstić information content (AvgIpc) is 3.95. The van der Waals surface area contributed by atoms with Crippen LogP contribution in [-0.4, -0.2) is 15.0 Å². The summed E-state index contributed by atoms with van der Waals surface area (Å²) in [6, 6.07) is 68.7. The molecule has 0 bridgehead atoms. The molecule has 9 aromatic rings. The van der Waals surface area contributed by atoms with Crippen LogP contribution in [0.1, 0.15) is 0 Å². The Morgan fingerprint density at radius 1 is 0.358 bits per heavy atom. The zero-order valence-corrected chi connectivity index (χ0v) is 31.7. The van der Waals surface area contributed by atoms with Crippen molar-refractivity contribution >= 4 is 58.8 Å². The minimum atomic E-state index is -0.877. The van der Waals surface area contributed by atoms with Crippen LogP contribution in [-0.2, 0) is 17.1 Å². The average molecular weight is 773 g/mol. The summed E-state index contributed by atoms with van der Waals surface area (Å²) in [6.45, 7) is 0. The number of aromatic nitrogens is 5. The second kappa shape index (κ2) is 19.4. The standard InChI is InChI=1S/2C18H15P.C9H5N5.Cu/c2*1-4-10-16(11-5-1)19(17-12-6-2-7-13-17)18-14-8-3-9-15-18;1-2-6(10-3-1)7-8-9(13-4-11-7)14-5-12-8;/h2*1-15H;1-5H;/q;;-2;+2/p+2. The van der Waals surface area contributed by atoms with Crippen LogP contribution in [0, 0.1) is 0 Å². The van der Waals surface area contributed by atoms with Crippen molar-refractivity contribution in [1.82, 2.24) is 24.9 Å². The number of benzene rings is 6. The molecule has 3 heterocycles. The van der Waals surface area contributed by atoms with Crippen molar-refractivity contribution in [3.05, 3.63) is 213 Å². The molecule has 0 amide bonds. The summed E-state index contributed by atoms with van der Waals surface area (Å²) in [5.41, 5.74) is 2.85. The Hall–Kier alpha value is -5.47. The first-order valence-corrected chi connectivity index (χ1v) is 20.1. The largest absolute Gasteiger partial charge is 2.00 e. The van der Waals surface area contributed by atoms with Crippen molar-refractivity contribution in [1.29, 1.82) is 0 Å². The molecule has 0 unspecified atom stereocenters. The number of imidazole rings is 1. The molecule has 6 aromatic carbocycles. The fraction of sp³-hybridized carbons (Fsp3) is 0. The predicted molar refractivity (Wildman–Crippen MR) is 222 cm³/mol. The monoisotopic (exact) mass is 772 g/mol. The number of hydrogen-bond acceptors (Lipinski definition) is 3. The van der Waals surface area contributed by atoms with Crippen LogP contribution < -0.4 is 41.8 Å². The Balaban J connectivity index is 0.000000136. The SMILES string of the molecule is [Cu+2].c1c[n-]c(-c2ncnc3nc[n-]c23)c1.c1ccc([PH+](c2ccccc2)c2ccccc2)cc1.c1ccc([PH+](c2ccccc2)c2ccccc2)cc1. The third-order valence-corrected chi connectivity index (χ3v) is 13.8. The van der Waals surface area contributed by atoms with E-state index in [1.54, 1.807) is 6.20 Å². The van der Waals surface area contributed by atoms with E-state index in [2.05, 4.69) is 207 Å². The molecule has 0 aliphatic rings. The molecule has 53 heavy (non-hydrogen) atoms. The second-order valence-corrected chi connectivity index (χ2v) is 16.7. The maximum Gasteiger partial charge on any atom is 2.00 e. The first kappa shape index (κ1) is 37.3. The van der Waals surface area contributed by atoms with Gasteiger partial charge < -0.3 is 15.0 Å². The van der Waals surface area contributed by atoms with Crippen LogP contribution in [0.2, 0.25) is 0 Å². The van der Waals surface area contributed by atoms with E-state index in [4.69, 9.17) is 0 Å². The molecule has 1 radical (unpaired) electrons. The summed E-state index contributed by atoms with van der Waals surface area (Å²) in [6.07, 6.45) is 4.67. The summed E-state index contributed by atoms with van der Waals surface area (Å²) in [5, 5.41) is 8.61. The molecule has 0 saturated carbocycles. The van der Waals surface area contributed by atoms with Crippen LogP contribution in [0.4, 0.5) is 0 Å². The van der Waals surface area contributed by atoms with Gasteiger partial charge in [0.05, 0.1) is 27.2 Å². The van der Waals surface area contributed by atoms with Gasteiger partial charge in [-0.2, -0.15) is 6.20 Å². The molecule has 0 saturated heterocycles. The molecule has 261 valence electrons. The minimum Gasteiger partial charge on any atom is -0.662 e. The smallest absolute Gasteiger partial charge is 0.662 e. The Morgan fingerprint density at radius 3 is 1.04 bits per heavy atom. The zero-order valence-electron chi connectivity index (χ0n) is 28.7. The molecule has 0 aliphatic heterocycles. The first-order valence-electron chi connectivity index (χ1n) is 17.1. The van der Waals surface area contributed by atoms with Gasteiger partial charge in [0.1, 0.15) is 38.2 Å². The topological polar surface area (TPSA) is 66.9 Å². The number of nitrogens with zero attached hydrogens (tertiary/aromatic N) is 5. The summed E-state index contributed by atoms with van der Waals surface area (Å²) >= 11 is 0. The summed E-state index contributed by atoms with van der Waals surface area (Å²) in [4.78, 5) is 20.4. The predicted octanol–water partition coefficient (Wildman–Crippen LogP) is 6.96. The molecule has 0 fully saturated rings. The maximum atomic E-state index is 4.16. The normalized spacial score (nSPS) is 10.5. The van der Waals surface area contributed by atoms with Gasteiger partial charge in [0.2, 0.25) is 0 Å². The quantitative estimate of drug-likeness (QED) is 0.130. The van der Waals surface area contributed by atoms with E-state index in [1.165, 1.54) is 44.5 Å². The molecule has 0 spiro atoms. The fourth-order valence-corrected chi connectivity index (χ4v) is 11.1. The van der Waals surface area contributed by atoms with Crippen LogP contribution in [0.15, 0.2) is 213 Å². The van der Waals surface area contributed by atoms with Crippen LogP contribution in [0.5, 0.6) is 0 Å². The number of fused-ring (bicyclic) bond motifs is 1. The molecule has 5 nitrogen and oxygen atoms in total. The van der Waals surface area contributed by atoms with E-state index in [-0.39, 0.29) is 17.1 Å². The number of hydrogen-bond donors (Lipinski definition) is 0. The fourth-order valence-electron chi connectivity index (χ4n) is 5.98. The van der Waals surface area contributed by atoms with Crippen molar-refractivity contribution < 1.29 is 17.1 Å². The van der Waals surface area contributed by atoms with Gasteiger partial charge in [-0.3, -0.25) is 0 Å². The summed E-state index contributed by atoms with van der Waals surface area (Å²) < 4.78 is 0. The Bertz CT molecular complexity index is 2040. The van der Waals surface area contributed by atoms with Crippen molar-refractivity contribution in [2.24, 2.45) is 0 Å². The van der Waals surface area contributed by atoms with Gasteiger partial charge in [0.25, 0.3) is 0 Å². The molecular formula is C45H37CuN5P2+2. The molecule has 8 heteroatoms. The summed E-state index contributed by atoms with van der Waals surface area (Å²) in [7, 11) is -1.75. The van der Waals surface area contributed by atoms with Crippen LogP contribution in [0.25, 0.3) is 22.6 Å². The van der Waals surface area contributed by atoms with Crippen LogP contribution in [0.3, 0.4) is 0 Å². The molecule has 0 aliphatic carbocycles. The van der Waals surface area contributed by atoms with Gasteiger partial charge in [-0.15, -0.1) is 5.69 Å². The molecule has 9 rings (SSSR count). The Kier molecular flexibility index (Phi) is 13.6. The first-order chi connectivity index (χ1) is 25.8. The molecular weight excluding hydrogens is 736 g/mol. The van der Waals surface area contributed by atoms with Gasteiger partial charge in [-0.25, -0.2) is 9.97 Å². The Morgan fingerprint density at radius 2 is 0.717 bits per heavy atom. The van der Waals surface area contributed by atoms with Gasteiger partial charge in [0, 0.05) is 5.52 Å². The minimum absolute atomic E-state index is 0. The van der Waals surface area contributed by atoms with E-state index in [0.717, 1.165) is 11.4 Å². The molecule has 0 N–H and O–H groups in total. The third kappa shape index (κ3) is 9.70. The van der Waals surface area contributed by atoms with Crippen molar-refractivity contribution in [2.45, 2.75) is 0 Å². The molecule has 3 aromatic heterocycles. The van der Waals surface area contributed by atoms with Crippen molar-refractivity contribution in [3.63, 3.8) is 0 Å². The van der Waals surface area contributed by atoms with E-state index < -0.39 is 15.8 Å². The van der Waals surface area contributed by atoms with E-state index in [9.17, 15) is 0 Å². The molecule has 0 atom stereocenters. The van der Waals surface area contributed by atoms with E-state index in [1.807, 2.05) is 12.1 Å². The van der Waals surface area contributed by atoms with Gasteiger partial charge >= 0.3 is 17.1 Å². The number of rotatable bonds is 7. The zero-order chi connectivity index (χ0) is 35.2. The maximum absolute atomic E-state index is 4.16. The van der Waals surface area contributed by atoms with E-state index in [0.29, 0.717) is 11.2 Å². The van der Waals surface area contributed by atoms with Gasteiger partial charge in [-0.1, -0.05) is 128 Å². The van der Waals surface area contributed by atoms with Crippen LogP contribution >= 0.6 is 15.8 Å².